The highest BCUT2D eigenvalue weighted by Gasteiger charge is 2.22. The number of fused-ring (bicyclic) bond motifs is 2. The van der Waals surface area contributed by atoms with Gasteiger partial charge >= 0.3 is 0 Å². The SMILES string of the molecule is CC(C)(C)c1cc(O)cc(-c2nc3cc4nc(C(C)(C)C)oc4cc3o2)c1. The molecule has 5 nitrogen and oxygen atoms in total. The molecule has 0 saturated carbocycles. The fourth-order valence-electron chi connectivity index (χ4n) is 2.96. The Bertz CT molecular complexity index is 1100. The molecule has 2 aromatic carbocycles. The van der Waals surface area contributed by atoms with E-state index < -0.39 is 0 Å². The first-order chi connectivity index (χ1) is 12.5. The summed E-state index contributed by atoms with van der Waals surface area (Å²) in [6.07, 6.45) is 0. The maximum atomic E-state index is 10.1. The minimum Gasteiger partial charge on any atom is -0.508 e. The van der Waals surface area contributed by atoms with Crippen LogP contribution in [0.4, 0.5) is 0 Å². The van der Waals surface area contributed by atoms with E-state index in [0.29, 0.717) is 28.5 Å². The third-order valence-electron chi connectivity index (χ3n) is 4.57. The molecule has 0 atom stereocenters. The first-order valence-corrected chi connectivity index (χ1v) is 9.07. The minimum absolute atomic E-state index is 0.0907. The lowest BCUT2D eigenvalue weighted by molar-refractivity contribution is 0.411. The molecule has 0 spiro atoms. The van der Waals surface area contributed by atoms with Crippen LogP contribution in [0.1, 0.15) is 53.0 Å². The molecule has 0 bridgehead atoms. The zero-order valence-corrected chi connectivity index (χ0v) is 16.5. The molecule has 0 aliphatic rings. The Morgan fingerprint density at radius 3 is 2.07 bits per heavy atom. The normalized spacial score (nSPS) is 13.0. The van der Waals surface area contributed by atoms with Crippen LogP contribution in [0.15, 0.2) is 39.2 Å². The number of oxazole rings is 2. The van der Waals surface area contributed by atoms with E-state index in [1.165, 1.54) is 0 Å². The molecule has 2 aromatic heterocycles. The third-order valence-corrected chi connectivity index (χ3v) is 4.57. The fraction of sp³-hybridized carbons (Fsp3) is 0.364. The van der Waals surface area contributed by atoms with Crippen molar-refractivity contribution in [3.63, 3.8) is 0 Å². The number of rotatable bonds is 1. The van der Waals surface area contributed by atoms with Crippen LogP contribution in [0.2, 0.25) is 0 Å². The van der Waals surface area contributed by atoms with Crippen LogP contribution in [0.3, 0.4) is 0 Å². The highest BCUT2D eigenvalue weighted by Crippen LogP contribution is 2.34. The molecule has 0 unspecified atom stereocenters. The van der Waals surface area contributed by atoms with E-state index in [1.54, 1.807) is 12.1 Å². The number of phenolic OH excluding ortho intramolecular Hbond substituents is 1. The molecule has 140 valence electrons. The molecule has 0 saturated heterocycles. The fourth-order valence-corrected chi connectivity index (χ4v) is 2.96. The molecule has 27 heavy (non-hydrogen) atoms. The molecule has 0 radical (unpaired) electrons. The van der Waals surface area contributed by atoms with E-state index in [1.807, 2.05) is 18.2 Å². The molecule has 0 amide bonds. The van der Waals surface area contributed by atoms with E-state index in [0.717, 1.165) is 16.6 Å². The maximum Gasteiger partial charge on any atom is 0.227 e. The molecular weight excluding hydrogens is 340 g/mol. The Hall–Kier alpha value is -2.82. The summed E-state index contributed by atoms with van der Waals surface area (Å²) in [6, 6.07) is 9.16. The smallest absolute Gasteiger partial charge is 0.227 e. The average molecular weight is 364 g/mol. The van der Waals surface area contributed by atoms with Crippen molar-refractivity contribution in [2.24, 2.45) is 0 Å². The van der Waals surface area contributed by atoms with Gasteiger partial charge in [0.15, 0.2) is 11.2 Å². The second kappa shape index (κ2) is 5.59. The molecule has 0 fully saturated rings. The van der Waals surface area contributed by atoms with E-state index in [9.17, 15) is 5.11 Å². The van der Waals surface area contributed by atoms with Crippen molar-refractivity contribution >= 4 is 22.2 Å². The molecule has 1 N–H and O–H groups in total. The highest BCUT2D eigenvalue weighted by molar-refractivity contribution is 5.90. The molecule has 4 aromatic rings. The Morgan fingerprint density at radius 2 is 1.41 bits per heavy atom. The van der Waals surface area contributed by atoms with E-state index >= 15 is 0 Å². The number of nitrogens with zero attached hydrogens (tertiary/aromatic N) is 2. The van der Waals surface area contributed by atoms with Crippen molar-refractivity contribution in [2.45, 2.75) is 52.4 Å². The largest absolute Gasteiger partial charge is 0.508 e. The van der Waals surface area contributed by atoms with Gasteiger partial charge in [-0.15, -0.1) is 0 Å². The molecule has 2 heterocycles. The number of aromatic hydroxyl groups is 1. The summed E-state index contributed by atoms with van der Waals surface area (Å²) in [5, 5.41) is 10.1. The highest BCUT2D eigenvalue weighted by atomic mass is 16.4. The number of hydrogen-bond acceptors (Lipinski definition) is 5. The van der Waals surface area contributed by atoms with Gasteiger partial charge < -0.3 is 13.9 Å². The summed E-state index contributed by atoms with van der Waals surface area (Å²) < 4.78 is 11.9. The quantitative estimate of drug-likeness (QED) is 0.453. The Morgan fingerprint density at radius 1 is 0.741 bits per heavy atom. The van der Waals surface area contributed by atoms with Crippen LogP contribution in [0.5, 0.6) is 5.75 Å². The van der Waals surface area contributed by atoms with Gasteiger partial charge in [0, 0.05) is 17.0 Å². The lowest BCUT2D eigenvalue weighted by Gasteiger charge is -2.19. The standard InChI is InChI=1S/C22H24N2O3/c1-21(2,3)13-7-12(8-14(25)9-13)19-23-15-10-16-18(11-17(15)26-19)27-20(24-16)22(4,5)6/h7-11,25H,1-6H3. The van der Waals surface area contributed by atoms with Gasteiger partial charge in [-0.05, 0) is 35.2 Å². The van der Waals surface area contributed by atoms with Crippen molar-refractivity contribution in [2.75, 3.05) is 0 Å². The van der Waals surface area contributed by atoms with E-state index in [-0.39, 0.29) is 16.6 Å². The number of hydrogen-bond donors (Lipinski definition) is 1. The molecule has 0 aliphatic heterocycles. The van der Waals surface area contributed by atoms with Gasteiger partial charge in [-0.3, -0.25) is 0 Å². The number of benzene rings is 2. The van der Waals surface area contributed by atoms with E-state index in [4.69, 9.17) is 8.83 Å². The van der Waals surface area contributed by atoms with Crippen molar-refractivity contribution in [1.29, 1.82) is 0 Å². The monoisotopic (exact) mass is 364 g/mol. The first-order valence-electron chi connectivity index (χ1n) is 9.07. The second-order valence-electron chi connectivity index (χ2n) is 9.09. The molecule has 0 aliphatic carbocycles. The topological polar surface area (TPSA) is 72.3 Å². The van der Waals surface area contributed by atoms with Gasteiger partial charge in [-0.25, -0.2) is 9.97 Å². The molecule has 5 heteroatoms. The van der Waals surface area contributed by atoms with Crippen LogP contribution in [0, 0.1) is 0 Å². The van der Waals surface area contributed by atoms with E-state index in [2.05, 4.69) is 51.5 Å². The van der Waals surface area contributed by atoms with Crippen molar-refractivity contribution in [1.82, 2.24) is 9.97 Å². The first kappa shape index (κ1) is 17.6. The summed E-state index contributed by atoms with van der Waals surface area (Å²) in [7, 11) is 0. The lowest BCUT2D eigenvalue weighted by Crippen LogP contribution is -2.10. The van der Waals surface area contributed by atoms with Crippen LogP contribution in [0.25, 0.3) is 33.7 Å². The van der Waals surface area contributed by atoms with Crippen molar-refractivity contribution in [3.8, 4) is 17.2 Å². The Labute approximate surface area is 158 Å². The Kier molecular flexibility index (Phi) is 3.64. The predicted molar refractivity (Wildman–Crippen MR) is 106 cm³/mol. The summed E-state index contributed by atoms with van der Waals surface area (Å²) >= 11 is 0. The number of phenols is 1. The molecule has 4 rings (SSSR count). The van der Waals surface area contributed by atoms with Gasteiger partial charge in [0.25, 0.3) is 0 Å². The number of aromatic nitrogens is 2. The summed E-state index contributed by atoms with van der Waals surface area (Å²) in [5.41, 5.74) is 4.30. The van der Waals surface area contributed by atoms with Crippen LogP contribution < -0.4 is 0 Å². The van der Waals surface area contributed by atoms with Crippen LogP contribution >= 0.6 is 0 Å². The van der Waals surface area contributed by atoms with Gasteiger partial charge in [0.2, 0.25) is 11.8 Å². The van der Waals surface area contributed by atoms with Crippen LogP contribution in [-0.4, -0.2) is 15.1 Å². The average Bonchev–Trinajstić information content (AvgIpc) is 3.13. The van der Waals surface area contributed by atoms with Gasteiger partial charge in [-0.2, -0.15) is 0 Å². The zero-order chi connectivity index (χ0) is 19.6. The van der Waals surface area contributed by atoms with Crippen molar-refractivity contribution < 1.29 is 13.9 Å². The Balaban J connectivity index is 1.84. The van der Waals surface area contributed by atoms with Gasteiger partial charge in [-0.1, -0.05) is 41.5 Å². The summed E-state index contributed by atoms with van der Waals surface area (Å²) in [4.78, 5) is 9.20. The third kappa shape index (κ3) is 3.18. The van der Waals surface area contributed by atoms with Crippen LogP contribution in [-0.2, 0) is 10.8 Å². The minimum atomic E-state index is -0.163. The molecular formula is C22H24N2O3. The van der Waals surface area contributed by atoms with Gasteiger partial charge in [0.05, 0.1) is 0 Å². The summed E-state index contributed by atoms with van der Waals surface area (Å²) in [5.74, 6) is 1.35. The summed E-state index contributed by atoms with van der Waals surface area (Å²) in [6.45, 7) is 12.5. The van der Waals surface area contributed by atoms with Crippen molar-refractivity contribution in [3.05, 3.63) is 41.8 Å². The zero-order valence-electron chi connectivity index (χ0n) is 16.5. The predicted octanol–water partition coefficient (Wildman–Crippen LogP) is 5.94. The maximum absolute atomic E-state index is 10.1. The second-order valence-corrected chi connectivity index (χ2v) is 9.09. The van der Waals surface area contributed by atoms with Gasteiger partial charge in [0.1, 0.15) is 16.8 Å². The lowest BCUT2D eigenvalue weighted by atomic mass is 9.86.